The van der Waals surface area contributed by atoms with E-state index in [9.17, 15) is 26.4 Å². The van der Waals surface area contributed by atoms with Gasteiger partial charge >= 0.3 is 12.1 Å². The van der Waals surface area contributed by atoms with Crippen molar-refractivity contribution in [2.45, 2.75) is 17.6 Å². The standard InChI is InChI=1S/C27H20ClF3N2O5S/c1-37-26(34)19-9-13-23(14-10-19)39(35,36)33(25-24(28)15-20(16-32-25)27(29,30)31)17-18-7-11-22(12-8-18)38-21-5-3-2-4-6-21/h2-16H,17H2,1H3. The number of methoxy groups -OCH3 is 1. The summed E-state index contributed by atoms with van der Waals surface area (Å²) in [6, 6.07) is 21.0. The third-order valence-electron chi connectivity index (χ3n) is 5.48. The number of pyridine rings is 1. The van der Waals surface area contributed by atoms with Crippen molar-refractivity contribution in [1.82, 2.24) is 4.98 Å². The molecule has 4 rings (SSSR count). The van der Waals surface area contributed by atoms with Crippen molar-refractivity contribution in [3.63, 3.8) is 0 Å². The molecule has 0 spiro atoms. The Kier molecular flexibility index (Phi) is 8.12. The van der Waals surface area contributed by atoms with Crippen LogP contribution in [0.3, 0.4) is 0 Å². The van der Waals surface area contributed by atoms with E-state index in [1.54, 1.807) is 36.4 Å². The molecular weight excluding hydrogens is 557 g/mol. The summed E-state index contributed by atoms with van der Waals surface area (Å²) in [5.41, 5.74) is -0.538. The van der Waals surface area contributed by atoms with Gasteiger partial charge in [-0.1, -0.05) is 41.9 Å². The molecule has 0 bridgehead atoms. The van der Waals surface area contributed by atoms with E-state index in [1.165, 1.54) is 31.4 Å². The number of hydrogen-bond donors (Lipinski definition) is 0. The number of nitrogens with zero attached hydrogens (tertiary/aromatic N) is 2. The van der Waals surface area contributed by atoms with Crippen LogP contribution in [0.15, 0.2) is 96.0 Å². The molecule has 1 heterocycles. The first kappa shape index (κ1) is 27.9. The van der Waals surface area contributed by atoms with E-state index in [0.29, 0.717) is 29.3 Å². The van der Waals surface area contributed by atoms with Crippen LogP contribution in [-0.2, 0) is 27.5 Å². The van der Waals surface area contributed by atoms with Gasteiger partial charge in [-0.05, 0) is 60.2 Å². The highest BCUT2D eigenvalue weighted by molar-refractivity contribution is 7.92. The fraction of sp³-hybridized carbons (Fsp3) is 0.111. The molecule has 0 fully saturated rings. The third-order valence-corrected chi connectivity index (χ3v) is 7.51. The Morgan fingerprint density at radius 3 is 2.13 bits per heavy atom. The lowest BCUT2D eigenvalue weighted by Crippen LogP contribution is -2.32. The maximum absolute atomic E-state index is 13.7. The van der Waals surface area contributed by atoms with Gasteiger partial charge in [-0.15, -0.1) is 0 Å². The van der Waals surface area contributed by atoms with Gasteiger partial charge in [-0.25, -0.2) is 22.5 Å². The highest BCUT2D eigenvalue weighted by atomic mass is 35.5. The Bertz CT molecular complexity index is 1560. The zero-order valence-electron chi connectivity index (χ0n) is 20.2. The summed E-state index contributed by atoms with van der Waals surface area (Å²) in [5.74, 6) is 0.0291. The summed E-state index contributed by atoms with van der Waals surface area (Å²) >= 11 is 6.14. The van der Waals surface area contributed by atoms with Gasteiger partial charge in [-0.2, -0.15) is 13.2 Å². The molecule has 202 valence electrons. The van der Waals surface area contributed by atoms with Crippen LogP contribution in [0.1, 0.15) is 21.5 Å². The second-order valence-electron chi connectivity index (χ2n) is 8.11. The predicted molar refractivity (Wildman–Crippen MR) is 138 cm³/mol. The topological polar surface area (TPSA) is 85.8 Å². The van der Waals surface area contributed by atoms with E-state index >= 15 is 0 Å². The molecule has 0 atom stereocenters. The Balaban J connectivity index is 1.71. The quantitative estimate of drug-likeness (QED) is 0.216. The highest BCUT2D eigenvalue weighted by Crippen LogP contribution is 2.36. The van der Waals surface area contributed by atoms with Crippen LogP contribution in [0.4, 0.5) is 19.0 Å². The molecule has 0 unspecified atom stereocenters. The maximum atomic E-state index is 13.7. The number of carbonyl (C=O) groups is 1. The van der Waals surface area contributed by atoms with Gasteiger partial charge in [0, 0.05) is 6.20 Å². The Morgan fingerprint density at radius 1 is 0.949 bits per heavy atom. The van der Waals surface area contributed by atoms with Gasteiger partial charge in [0.05, 0.1) is 34.7 Å². The van der Waals surface area contributed by atoms with Crippen molar-refractivity contribution in [3.8, 4) is 11.5 Å². The summed E-state index contributed by atoms with van der Waals surface area (Å²) in [4.78, 5) is 15.3. The average molecular weight is 577 g/mol. The fourth-order valence-electron chi connectivity index (χ4n) is 3.50. The molecule has 39 heavy (non-hydrogen) atoms. The van der Waals surface area contributed by atoms with E-state index in [2.05, 4.69) is 9.72 Å². The van der Waals surface area contributed by atoms with Gasteiger partial charge in [0.2, 0.25) is 0 Å². The van der Waals surface area contributed by atoms with Crippen LogP contribution in [0.2, 0.25) is 5.02 Å². The first-order valence-electron chi connectivity index (χ1n) is 11.2. The van der Waals surface area contributed by atoms with E-state index in [4.69, 9.17) is 16.3 Å². The van der Waals surface area contributed by atoms with Crippen molar-refractivity contribution in [2.75, 3.05) is 11.4 Å². The van der Waals surface area contributed by atoms with Crippen molar-refractivity contribution in [2.24, 2.45) is 0 Å². The number of halogens is 4. The van der Waals surface area contributed by atoms with Crippen LogP contribution in [0.5, 0.6) is 11.5 Å². The Morgan fingerprint density at radius 2 is 1.56 bits per heavy atom. The summed E-state index contributed by atoms with van der Waals surface area (Å²) < 4.78 is 78.2. The van der Waals surface area contributed by atoms with Crippen molar-refractivity contribution >= 4 is 33.4 Å². The van der Waals surface area contributed by atoms with Crippen molar-refractivity contribution in [3.05, 3.63) is 113 Å². The van der Waals surface area contributed by atoms with Crippen molar-refractivity contribution < 1.29 is 35.9 Å². The third kappa shape index (κ3) is 6.50. The molecule has 0 aliphatic heterocycles. The minimum Gasteiger partial charge on any atom is -0.465 e. The minimum absolute atomic E-state index is 0.114. The number of sulfonamides is 1. The molecule has 0 radical (unpaired) electrons. The Labute approximate surface area is 227 Å². The van der Waals surface area contributed by atoms with E-state index in [0.717, 1.165) is 4.31 Å². The molecule has 1 aromatic heterocycles. The molecule has 0 saturated carbocycles. The zero-order valence-corrected chi connectivity index (χ0v) is 21.8. The monoisotopic (exact) mass is 576 g/mol. The van der Waals surface area contributed by atoms with Crippen LogP contribution < -0.4 is 9.04 Å². The summed E-state index contributed by atoms with van der Waals surface area (Å²) in [7, 11) is -3.23. The first-order valence-corrected chi connectivity index (χ1v) is 13.1. The van der Waals surface area contributed by atoms with E-state index in [1.807, 2.05) is 18.2 Å². The van der Waals surface area contributed by atoms with Gasteiger partial charge in [0.25, 0.3) is 10.0 Å². The summed E-state index contributed by atoms with van der Waals surface area (Å²) in [6.45, 7) is -0.315. The molecule has 0 amide bonds. The molecule has 0 aliphatic rings. The zero-order chi connectivity index (χ0) is 28.2. The molecule has 0 aliphatic carbocycles. The highest BCUT2D eigenvalue weighted by Gasteiger charge is 2.34. The number of esters is 1. The lowest BCUT2D eigenvalue weighted by atomic mass is 10.2. The molecule has 0 N–H and O–H groups in total. The minimum atomic E-state index is -4.73. The fourth-order valence-corrected chi connectivity index (χ4v) is 5.25. The van der Waals surface area contributed by atoms with Crippen LogP contribution in [0.25, 0.3) is 0 Å². The number of para-hydroxylation sites is 1. The van der Waals surface area contributed by atoms with E-state index < -0.39 is 38.6 Å². The summed E-state index contributed by atoms with van der Waals surface area (Å²) in [6.07, 6.45) is -4.21. The van der Waals surface area contributed by atoms with Gasteiger partial charge < -0.3 is 9.47 Å². The lowest BCUT2D eigenvalue weighted by Gasteiger charge is -2.25. The normalized spacial score (nSPS) is 11.6. The second-order valence-corrected chi connectivity index (χ2v) is 10.4. The largest absolute Gasteiger partial charge is 0.465 e. The second kappa shape index (κ2) is 11.3. The number of hydrogen-bond acceptors (Lipinski definition) is 6. The number of aromatic nitrogens is 1. The Hall–Kier alpha value is -4.09. The van der Waals surface area contributed by atoms with Crippen LogP contribution >= 0.6 is 11.6 Å². The summed E-state index contributed by atoms with van der Waals surface area (Å²) in [5, 5.41) is -0.511. The first-order chi connectivity index (χ1) is 18.5. The van der Waals surface area contributed by atoms with Crippen LogP contribution in [-0.4, -0.2) is 26.5 Å². The van der Waals surface area contributed by atoms with Gasteiger partial charge in [-0.3, -0.25) is 0 Å². The maximum Gasteiger partial charge on any atom is 0.417 e. The van der Waals surface area contributed by atoms with Crippen molar-refractivity contribution in [1.29, 1.82) is 0 Å². The molecule has 4 aromatic rings. The number of benzene rings is 3. The van der Waals surface area contributed by atoms with Gasteiger partial charge in [0.1, 0.15) is 11.5 Å². The molecule has 12 heteroatoms. The molecular formula is C27H20ClF3N2O5S. The smallest absolute Gasteiger partial charge is 0.417 e. The number of alkyl halides is 3. The number of rotatable bonds is 8. The molecule has 0 saturated heterocycles. The van der Waals surface area contributed by atoms with Crippen LogP contribution in [0, 0.1) is 0 Å². The molecule has 3 aromatic carbocycles. The number of carbonyl (C=O) groups excluding carboxylic acids is 1. The molecule has 7 nitrogen and oxygen atoms in total. The SMILES string of the molecule is COC(=O)c1ccc(S(=O)(=O)N(Cc2ccc(Oc3ccccc3)cc2)c2ncc(C(F)(F)F)cc2Cl)cc1. The predicted octanol–water partition coefficient (Wildman–Crippen LogP) is 6.73. The average Bonchev–Trinajstić information content (AvgIpc) is 2.92. The lowest BCUT2D eigenvalue weighted by molar-refractivity contribution is -0.137. The van der Waals surface area contributed by atoms with E-state index in [-0.39, 0.29) is 17.0 Å². The van der Waals surface area contributed by atoms with Gasteiger partial charge in [0.15, 0.2) is 5.82 Å². The number of ether oxygens (including phenoxy) is 2. The number of anilines is 1.